The van der Waals surface area contributed by atoms with Crippen molar-refractivity contribution in [3.05, 3.63) is 54.3 Å². The molecule has 4 aromatic rings. The van der Waals surface area contributed by atoms with E-state index in [1.54, 1.807) is 19.2 Å². The summed E-state index contributed by atoms with van der Waals surface area (Å²) in [7, 11) is 1.62. The molecule has 8 heteroatoms. The third-order valence-electron chi connectivity index (χ3n) is 5.36. The van der Waals surface area contributed by atoms with E-state index in [0.29, 0.717) is 39.9 Å². The molecule has 152 valence electrons. The Bertz CT molecular complexity index is 1230. The Morgan fingerprint density at radius 3 is 2.60 bits per heavy atom. The second-order valence-electron chi connectivity index (χ2n) is 7.24. The summed E-state index contributed by atoms with van der Waals surface area (Å²) >= 11 is 0. The summed E-state index contributed by atoms with van der Waals surface area (Å²) in [6.07, 6.45) is 2.20. The number of methoxy groups -OCH3 is 1. The number of nitrogens with two attached hydrogens (primary N) is 1. The summed E-state index contributed by atoms with van der Waals surface area (Å²) in [5.41, 5.74) is 8.95. The van der Waals surface area contributed by atoms with Crippen molar-refractivity contribution in [1.82, 2.24) is 19.7 Å². The zero-order valence-corrected chi connectivity index (χ0v) is 16.5. The third kappa shape index (κ3) is 3.01. The summed E-state index contributed by atoms with van der Waals surface area (Å²) in [6, 6.07) is 13.8. The number of hydrogen-bond acceptors (Lipinski definition) is 6. The van der Waals surface area contributed by atoms with E-state index in [4.69, 9.17) is 20.4 Å². The van der Waals surface area contributed by atoms with Gasteiger partial charge in [0.05, 0.1) is 23.9 Å². The molecule has 7 nitrogen and oxygen atoms in total. The van der Waals surface area contributed by atoms with Gasteiger partial charge in [0.1, 0.15) is 17.4 Å². The predicted molar refractivity (Wildman–Crippen MR) is 114 cm³/mol. The molecule has 0 spiro atoms. The fourth-order valence-electron chi connectivity index (χ4n) is 3.90. The third-order valence-corrected chi connectivity index (χ3v) is 5.36. The first-order chi connectivity index (χ1) is 14.7. The molecule has 2 N–H and O–H groups in total. The second kappa shape index (κ2) is 7.29. The van der Waals surface area contributed by atoms with Crippen LogP contribution in [0, 0.1) is 5.82 Å². The maximum atomic E-state index is 13.8. The Morgan fingerprint density at radius 1 is 1.03 bits per heavy atom. The van der Waals surface area contributed by atoms with Crippen LogP contribution in [0.3, 0.4) is 0 Å². The summed E-state index contributed by atoms with van der Waals surface area (Å²) < 4.78 is 20.9. The first kappa shape index (κ1) is 18.4. The Kier molecular flexibility index (Phi) is 4.46. The number of ether oxygens (including phenoxy) is 1. The average molecular weight is 404 g/mol. The van der Waals surface area contributed by atoms with E-state index in [-0.39, 0.29) is 5.82 Å². The zero-order chi connectivity index (χ0) is 20.7. The summed E-state index contributed by atoms with van der Waals surface area (Å²) in [5, 5.41) is 5.22. The molecule has 5 rings (SSSR count). The van der Waals surface area contributed by atoms with Crippen molar-refractivity contribution in [2.45, 2.75) is 12.8 Å². The highest BCUT2D eigenvalue weighted by molar-refractivity contribution is 6.00. The summed E-state index contributed by atoms with van der Waals surface area (Å²) in [4.78, 5) is 11.7. The highest BCUT2D eigenvalue weighted by Crippen LogP contribution is 2.37. The van der Waals surface area contributed by atoms with Crippen LogP contribution >= 0.6 is 0 Å². The van der Waals surface area contributed by atoms with E-state index >= 15 is 0 Å². The molecule has 3 heterocycles. The van der Waals surface area contributed by atoms with Gasteiger partial charge in [-0.3, -0.25) is 0 Å². The summed E-state index contributed by atoms with van der Waals surface area (Å²) in [5.74, 6) is 1.29. The van der Waals surface area contributed by atoms with Crippen molar-refractivity contribution >= 4 is 22.8 Å². The van der Waals surface area contributed by atoms with E-state index in [1.165, 1.54) is 16.8 Å². The molecule has 1 aliphatic heterocycles. The number of aromatic nitrogens is 4. The molecule has 0 bridgehead atoms. The number of para-hydroxylation sites is 1. The molecule has 2 aromatic heterocycles. The van der Waals surface area contributed by atoms with Gasteiger partial charge < -0.3 is 15.4 Å². The maximum absolute atomic E-state index is 13.8. The fraction of sp³-hybridized carbons (Fsp3) is 0.227. The molecule has 1 saturated heterocycles. The lowest BCUT2D eigenvalue weighted by Crippen LogP contribution is -2.20. The largest absolute Gasteiger partial charge is 0.496 e. The Morgan fingerprint density at radius 2 is 1.83 bits per heavy atom. The van der Waals surface area contributed by atoms with E-state index < -0.39 is 0 Å². The van der Waals surface area contributed by atoms with Crippen LogP contribution in [0.1, 0.15) is 12.8 Å². The van der Waals surface area contributed by atoms with Gasteiger partial charge >= 0.3 is 0 Å². The normalized spacial score (nSPS) is 13.9. The lowest BCUT2D eigenvalue weighted by Gasteiger charge is -2.17. The van der Waals surface area contributed by atoms with E-state index in [9.17, 15) is 4.39 Å². The number of rotatable bonds is 4. The van der Waals surface area contributed by atoms with Crippen LogP contribution in [0.25, 0.3) is 28.0 Å². The van der Waals surface area contributed by atoms with Crippen molar-refractivity contribution in [2.24, 2.45) is 0 Å². The molecule has 0 aliphatic carbocycles. The van der Waals surface area contributed by atoms with Gasteiger partial charge in [-0.25, -0.2) is 14.1 Å². The number of anilines is 2. The van der Waals surface area contributed by atoms with Gasteiger partial charge in [-0.1, -0.05) is 18.2 Å². The Hall–Kier alpha value is -3.68. The van der Waals surface area contributed by atoms with Gasteiger partial charge in [0.25, 0.3) is 0 Å². The summed E-state index contributed by atoms with van der Waals surface area (Å²) in [6.45, 7) is 1.80. The zero-order valence-electron chi connectivity index (χ0n) is 16.5. The molecular formula is C22H21FN6O. The standard InChI is InChI=1S/C22H21FN6O/c1-30-17-10-3-2-9-16(17)19-18-20(24)29(15-8-6-7-14(23)13-15)27-21(18)26-22(25-19)28-11-4-5-12-28/h2-3,6-10,13H,4-5,11-12,24H2,1H3. The number of fused-ring (bicyclic) bond motifs is 1. The van der Waals surface area contributed by atoms with Gasteiger partial charge in [0, 0.05) is 18.7 Å². The van der Waals surface area contributed by atoms with Crippen molar-refractivity contribution in [3.63, 3.8) is 0 Å². The molecule has 2 aromatic carbocycles. The van der Waals surface area contributed by atoms with Crippen LogP contribution < -0.4 is 15.4 Å². The molecule has 30 heavy (non-hydrogen) atoms. The molecule has 0 saturated carbocycles. The van der Waals surface area contributed by atoms with Crippen LogP contribution in [-0.2, 0) is 0 Å². The maximum Gasteiger partial charge on any atom is 0.228 e. The first-order valence-electron chi connectivity index (χ1n) is 9.86. The van der Waals surface area contributed by atoms with Gasteiger partial charge in [-0.05, 0) is 43.2 Å². The van der Waals surface area contributed by atoms with E-state index in [1.807, 2.05) is 24.3 Å². The molecule has 0 amide bonds. The number of halogens is 1. The van der Waals surface area contributed by atoms with Gasteiger partial charge in [0.2, 0.25) is 5.95 Å². The molecular weight excluding hydrogens is 383 g/mol. The van der Waals surface area contributed by atoms with Crippen molar-refractivity contribution < 1.29 is 9.13 Å². The minimum atomic E-state index is -0.361. The SMILES string of the molecule is COc1ccccc1-c1nc(N2CCCC2)nc2nn(-c3cccc(F)c3)c(N)c12. The average Bonchev–Trinajstić information content (AvgIpc) is 3.42. The fourth-order valence-corrected chi connectivity index (χ4v) is 3.90. The topological polar surface area (TPSA) is 82.1 Å². The second-order valence-corrected chi connectivity index (χ2v) is 7.24. The number of hydrogen-bond donors (Lipinski definition) is 1. The monoisotopic (exact) mass is 404 g/mol. The minimum absolute atomic E-state index is 0.351. The number of nitrogen functional groups attached to an aromatic ring is 1. The smallest absolute Gasteiger partial charge is 0.228 e. The Balaban J connectivity index is 1.79. The lowest BCUT2D eigenvalue weighted by atomic mass is 10.1. The van der Waals surface area contributed by atoms with Gasteiger partial charge in [-0.2, -0.15) is 4.98 Å². The number of benzene rings is 2. The van der Waals surface area contributed by atoms with Crippen molar-refractivity contribution in [2.75, 3.05) is 30.8 Å². The van der Waals surface area contributed by atoms with Crippen molar-refractivity contribution in [1.29, 1.82) is 0 Å². The predicted octanol–water partition coefficient (Wildman–Crippen LogP) is 3.81. The van der Waals surface area contributed by atoms with E-state index in [2.05, 4.69) is 10.00 Å². The lowest BCUT2D eigenvalue weighted by molar-refractivity contribution is 0.416. The van der Waals surface area contributed by atoms with Crippen LogP contribution in [0.4, 0.5) is 16.2 Å². The minimum Gasteiger partial charge on any atom is -0.496 e. The van der Waals surface area contributed by atoms with E-state index in [0.717, 1.165) is 31.5 Å². The molecule has 0 unspecified atom stereocenters. The quantitative estimate of drug-likeness (QED) is 0.557. The highest BCUT2D eigenvalue weighted by atomic mass is 19.1. The molecule has 0 atom stereocenters. The Labute approximate surface area is 172 Å². The van der Waals surface area contributed by atoms with Crippen molar-refractivity contribution in [3.8, 4) is 22.7 Å². The van der Waals surface area contributed by atoms with Crippen LogP contribution in [0.5, 0.6) is 5.75 Å². The van der Waals surface area contributed by atoms with Crippen LogP contribution in [-0.4, -0.2) is 39.9 Å². The van der Waals surface area contributed by atoms with Gasteiger partial charge in [-0.15, -0.1) is 5.10 Å². The molecule has 1 aliphatic rings. The first-order valence-corrected chi connectivity index (χ1v) is 9.86. The van der Waals surface area contributed by atoms with Crippen LogP contribution in [0.15, 0.2) is 48.5 Å². The molecule has 0 radical (unpaired) electrons. The van der Waals surface area contributed by atoms with Gasteiger partial charge in [0.15, 0.2) is 5.65 Å². The molecule has 1 fully saturated rings. The number of nitrogens with zero attached hydrogens (tertiary/aromatic N) is 5. The van der Waals surface area contributed by atoms with Crippen LogP contribution in [0.2, 0.25) is 0 Å². The highest BCUT2D eigenvalue weighted by Gasteiger charge is 2.24.